The Hall–Kier alpha value is -1.75. The first-order chi connectivity index (χ1) is 9.85. The summed E-state index contributed by atoms with van der Waals surface area (Å²) in [6, 6.07) is 10.7. The van der Waals surface area contributed by atoms with E-state index in [9.17, 15) is 8.42 Å². The largest absolute Gasteiger partial charge is 0.398 e. The van der Waals surface area contributed by atoms with Crippen LogP contribution in [0.2, 0.25) is 5.02 Å². The summed E-state index contributed by atoms with van der Waals surface area (Å²) < 4.78 is 27.5. The highest BCUT2D eigenvalue weighted by atomic mass is 79.9. The highest BCUT2D eigenvalue weighted by Gasteiger charge is 2.19. The Balaban J connectivity index is 2.44. The van der Waals surface area contributed by atoms with Crippen molar-refractivity contribution in [1.29, 1.82) is 5.26 Å². The van der Waals surface area contributed by atoms with Crippen molar-refractivity contribution in [2.45, 2.75) is 4.90 Å². The molecule has 0 spiro atoms. The van der Waals surface area contributed by atoms with Gasteiger partial charge in [-0.2, -0.15) is 5.26 Å². The number of halogens is 2. The summed E-state index contributed by atoms with van der Waals surface area (Å²) in [7, 11) is -3.88. The third kappa shape index (κ3) is 3.29. The van der Waals surface area contributed by atoms with Gasteiger partial charge in [0.2, 0.25) is 0 Å². The molecular weight excluding hydrogens is 378 g/mol. The van der Waals surface area contributed by atoms with Gasteiger partial charge in [-0.25, -0.2) is 8.42 Å². The van der Waals surface area contributed by atoms with Crippen LogP contribution in [-0.4, -0.2) is 8.42 Å². The Morgan fingerprint density at radius 3 is 2.62 bits per heavy atom. The van der Waals surface area contributed by atoms with Crippen molar-refractivity contribution in [3.05, 3.63) is 51.5 Å². The molecule has 0 amide bonds. The van der Waals surface area contributed by atoms with E-state index in [1.54, 1.807) is 18.2 Å². The molecule has 0 aromatic heterocycles. The van der Waals surface area contributed by atoms with Crippen molar-refractivity contribution in [3.63, 3.8) is 0 Å². The minimum absolute atomic E-state index is 0.000277. The molecule has 0 heterocycles. The molecule has 8 heteroatoms. The molecule has 21 heavy (non-hydrogen) atoms. The van der Waals surface area contributed by atoms with Crippen molar-refractivity contribution < 1.29 is 8.42 Å². The van der Waals surface area contributed by atoms with Gasteiger partial charge < -0.3 is 5.73 Å². The van der Waals surface area contributed by atoms with Crippen LogP contribution in [0.15, 0.2) is 45.8 Å². The number of nitrogens with one attached hydrogen (secondary N) is 1. The average molecular weight is 387 g/mol. The minimum Gasteiger partial charge on any atom is -0.398 e. The molecule has 0 fully saturated rings. The van der Waals surface area contributed by atoms with Crippen LogP contribution < -0.4 is 10.5 Å². The number of hydrogen-bond donors (Lipinski definition) is 2. The molecule has 0 saturated carbocycles. The van der Waals surface area contributed by atoms with E-state index < -0.39 is 10.0 Å². The number of nitrogen functional groups attached to an aromatic ring is 1. The average Bonchev–Trinajstić information content (AvgIpc) is 2.43. The lowest BCUT2D eigenvalue weighted by Crippen LogP contribution is -2.15. The lowest BCUT2D eigenvalue weighted by atomic mass is 10.2. The van der Waals surface area contributed by atoms with Gasteiger partial charge in [0.15, 0.2) is 0 Å². The maximum Gasteiger partial charge on any atom is 0.263 e. The smallest absolute Gasteiger partial charge is 0.263 e. The van der Waals surface area contributed by atoms with Crippen LogP contribution in [-0.2, 0) is 10.0 Å². The second-order valence-electron chi connectivity index (χ2n) is 4.07. The number of hydrogen-bond acceptors (Lipinski definition) is 4. The molecule has 0 atom stereocenters. The number of rotatable bonds is 3. The Morgan fingerprint density at radius 1 is 1.29 bits per heavy atom. The molecule has 0 aliphatic carbocycles. The molecule has 0 bridgehead atoms. The minimum atomic E-state index is -3.88. The summed E-state index contributed by atoms with van der Waals surface area (Å²) in [6.07, 6.45) is 0. The fourth-order valence-corrected chi connectivity index (χ4v) is 3.50. The fraction of sp³-hybridized carbons (Fsp3) is 0. The van der Waals surface area contributed by atoms with Gasteiger partial charge in [-0.1, -0.05) is 17.7 Å². The molecule has 2 aromatic carbocycles. The standard InChI is InChI=1S/C13H9BrClN3O2S/c14-13-9(15)2-1-3-11(13)18-21(19,20)12-5-4-8(7-16)6-10(12)17/h1-6,18H,17H2. The molecule has 0 aliphatic rings. The Bertz CT molecular complexity index is 847. The molecule has 0 aliphatic heterocycles. The summed E-state index contributed by atoms with van der Waals surface area (Å²) in [5.74, 6) is 0. The third-order valence-electron chi connectivity index (χ3n) is 2.62. The van der Waals surface area contributed by atoms with Crippen LogP contribution in [0, 0.1) is 11.3 Å². The summed E-state index contributed by atoms with van der Waals surface area (Å²) in [6.45, 7) is 0. The van der Waals surface area contributed by atoms with Crippen LogP contribution in [0.4, 0.5) is 11.4 Å². The van der Waals surface area contributed by atoms with E-state index in [0.29, 0.717) is 15.2 Å². The van der Waals surface area contributed by atoms with E-state index in [1.165, 1.54) is 18.2 Å². The van der Waals surface area contributed by atoms with Gasteiger partial charge in [-0.3, -0.25) is 4.72 Å². The molecule has 0 unspecified atom stereocenters. The predicted octanol–water partition coefficient (Wildman–Crippen LogP) is 3.36. The molecule has 2 rings (SSSR count). The van der Waals surface area contributed by atoms with E-state index in [0.717, 1.165) is 0 Å². The SMILES string of the molecule is N#Cc1ccc(S(=O)(=O)Nc2cccc(Cl)c2Br)c(N)c1. The van der Waals surface area contributed by atoms with Gasteiger partial charge in [-0.05, 0) is 46.3 Å². The molecule has 3 N–H and O–H groups in total. The summed E-state index contributed by atoms with van der Waals surface area (Å²) in [5, 5.41) is 9.14. The van der Waals surface area contributed by atoms with Crippen LogP contribution >= 0.6 is 27.5 Å². The van der Waals surface area contributed by atoms with E-state index in [2.05, 4.69) is 20.7 Å². The van der Waals surface area contributed by atoms with Gasteiger partial charge >= 0.3 is 0 Å². The summed E-state index contributed by atoms with van der Waals surface area (Å²) >= 11 is 9.13. The lowest BCUT2D eigenvalue weighted by Gasteiger charge is -2.12. The van der Waals surface area contributed by atoms with Crippen molar-refractivity contribution in [3.8, 4) is 6.07 Å². The fourth-order valence-electron chi connectivity index (χ4n) is 1.65. The maximum absolute atomic E-state index is 12.3. The second-order valence-corrected chi connectivity index (χ2v) is 6.92. The number of nitrogens with two attached hydrogens (primary N) is 1. The topological polar surface area (TPSA) is 96.0 Å². The first kappa shape index (κ1) is 15.6. The number of nitrogens with zero attached hydrogens (tertiary/aromatic N) is 1. The Morgan fingerprint density at radius 2 is 2.00 bits per heavy atom. The number of nitriles is 1. The second kappa shape index (κ2) is 5.93. The van der Waals surface area contributed by atoms with Gasteiger partial charge in [0.05, 0.1) is 32.5 Å². The van der Waals surface area contributed by atoms with Gasteiger partial charge in [0, 0.05) is 0 Å². The Labute approximate surface area is 135 Å². The molecule has 108 valence electrons. The monoisotopic (exact) mass is 385 g/mol. The van der Waals surface area contributed by atoms with Crippen LogP contribution in [0.1, 0.15) is 5.56 Å². The predicted molar refractivity (Wildman–Crippen MR) is 85.5 cm³/mol. The normalized spacial score (nSPS) is 10.9. The van der Waals surface area contributed by atoms with Crippen LogP contribution in [0.25, 0.3) is 0 Å². The summed E-state index contributed by atoms with van der Waals surface area (Å²) in [4.78, 5) is -0.103. The highest BCUT2D eigenvalue weighted by molar-refractivity contribution is 9.10. The van der Waals surface area contributed by atoms with E-state index in [4.69, 9.17) is 22.6 Å². The van der Waals surface area contributed by atoms with E-state index >= 15 is 0 Å². The molecular formula is C13H9BrClN3O2S. The number of sulfonamides is 1. The zero-order valence-corrected chi connectivity index (χ0v) is 13.6. The number of anilines is 2. The zero-order chi connectivity index (χ0) is 15.6. The van der Waals surface area contributed by atoms with Crippen LogP contribution in [0.3, 0.4) is 0 Å². The van der Waals surface area contributed by atoms with E-state index in [1.807, 2.05) is 6.07 Å². The quantitative estimate of drug-likeness (QED) is 0.791. The van der Waals surface area contributed by atoms with Crippen LogP contribution in [0.5, 0.6) is 0 Å². The first-order valence-electron chi connectivity index (χ1n) is 5.61. The van der Waals surface area contributed by atoms with Crippen molar-refractivity contribution >= 4 is 48.9 Å². The summed E-state index contributed by atoms with van der Waals surface area (Å²) in [5.41, 5.74) is 6.28. The van der Waals surface area contributed by atoms with Gasteiger partial charge in [0.25, 0.3) is 10.0 Å². The Kier molecular flexibility index (Phi) is 4.42. The van der Waals surface area contributed by atoms with Crippen molar-refractivity contribution in [2.75, 3.05) is 10.5 Å². The third-order valence-corrected chi connectivity index (χ3v) is 5.46. The highest BCUT2D eigenvalue weighted by Crippen LogP contribution is 2.32. The van der Waals surface area contributed by atoms with Gasteiger partial charge in [-0.15, -0.1) is 0 Å². The zero-order valence-electron chi connectivity index (χ0n) is 10.5. The number of benzene rings is 2. The van der Waals surface area contributed by atoms with Gasteiger partial charge in [0.1, 0.15) is 4.90 Å². The maximum atomic E-state index is 12.3. The molecule has 0 saturated heterocycles. The van der Waals surface area contributed by atoms with E-state index in [-0.39, 0.29) is 16.1 Å². The molecule has 2 aromatic rings. The van der Waals surface area contributed by atoms with Crippen molar-refractivity contribution in [2.24, 2.45) is 0 Å². The molecule has 0 radical (unpaired) electrons. The molecule has 5 nitrogen and oxygen atoms in total. The first-order valence-corrected chi connectivity index (χ1v) is 8.27. The lowest BCUT2D eigenvalue weighted by molar-refractivity contribution is 0.601. The van der Waals surface area contributed by atoms with Crippen molar-refractivity contribution in [1.82, 2.24) is 0 Å².